The summed E-state index contributed by atoms with van der Waals surface area (Å²) in [6.45, 7) is 6.43. The van der Waals surface area contributed by atoms with Crippen molar-refractivity contribution in [3.8, 4) is 11.3 Å². The van der Waals surface area contributed by atoms with Crippen LogP contribution in [0.3, 0.4) is 0 Å². The van der Waals surface area contributed by atoms with Crippen LogP contribution in [0.4, 0.5) is 0 Å². The minimum Gasteiger partial charge on any atom is -0.461 e. The highest BCUT2D eigenvalue weighted by atomic mass is 16.3. The number of hydrogen-bond acceptors (Lipinski definition) is 2. The van der Waals surface area contributed by atoms with Gasteiger partial charge in [-0.05, 0) is 51.1 Å². The van der Waals surface area contributed by atoms with Crippen molar-refractivity contribution in [1.82, 2.24) is 5.32 Å². The standard InChI is InChI=1S/C16H21NO/c1-11-6-5-7-15(13(11)3)16-9-8-14(18-16)10-12(2)17-4/h5-9,12,17H,10H2,1-4H3. The van der Waals surface area contributed by atoms with Gasteiger partial charge in [-0.1, -0.05) is 18.2 Å². The molecule has 0 aliphatic carbocycles. The van der Waals surface area contributed by atoms with E-state index in [1.54, 1.807) is 0 Å². The number of rotatable bonds is 4. The molecule has 1 unspecified atom stereocenters. The topological polar surface area (TPSA) is 25.2 Å². The van der Waals surface area contributed by atoms with Crippen molar-refractivity contribution in [2.24, 2.45) is 0 Å². The minimum atomic E-state index is 0.433. The lowest BCUT2D eigenvalue weighted by atomic mass is 10.0. The second-order valence-corrected chi connectivity index (χ2v) is 4.91. The first-order valence-electron chi connectivity index (χ1n) is 6.44. The molecule has 0 fully saturated rings. The summed E-state index contributed by atoms with van der Waals surface area (Å²) in [6.07, 6.45) is 0.918. The maximum absolute atomic E-state index is 5.94. The van der Waals surface area contributed by atoms with Gasteiger partial charge in [0.15, 0.2) is 0 Å². The molecule has 1 atom stereocenters. The van der Waals surface area contributed by atoms with E-state index in [4.69, 9.17) is 4.42 Å². The third-order valence-corrected chi connectivity index (χ3v) is 3.53. The Morgan fingerprint density at radius 2 is 1.94 bits per heavy atom. The van der Waals surface area contributed by atoms with Crippen LogP contribution in [0.25, 0.3) is 11.3 Å². The number of furan rings is 1. The van der Waals surface area contributed by atoms with Gasteiger partial charge in [-0.15, -0.1) is 0 Å². The molecule has 0 aliphatic heterocycles. The molecule has 0 aliphatic rings. The molecule has 2 nitrogen and oxygen atoms in total. The van der Waals surface area contributed by atoms with Gasteiger partial charge < -0.3 is 9.73 Å². The van der Waals surface area contributed by atoms with Gasteiger partial charge in [0.25, 0.3) is 0 Å². The van der Waals surface area contributed by atoms with E-state index in [1.165, 1.54) is 16.7 Å². The summed E-state index contributed by atoms with van der Waals surface area (Å²) in [5, 5.41) is 3.22. The fraction of sp³-hybridized carbons (Fsp3) is 0.375. The maximum atomic E-state index is 5.94. The summed E-state index contributed by atoms with van der Waals surface area (Å²) in [7, 11) is 1.97. The second kappa shape index (κ2) is 5.40. The van der Waals surface area contributed by atoms with E-state index in [9.17, 15) is 0 Å². The fourth-order valence-corrected chi connectivity index (χ4v) is 2.05. The highest BCUT2D eigenvalue weighted by Gasteiger charge is 2.10. The molecule has 0 saturated carbocycles. The molecule has 2 heteroatoms. The van der Waals surface area contributed by atoms with Crippen LogP contribution in [0.15, 0.2) is 34.7 Å². The van der Waals surface area contributed by atoms with E-state index in [-0.39, 0.29) is 0 Å². The molecule has 0 amide bonds. The van der Waals surface area contributed by atoms with E-state index < -0.39 is 0 Å². The van der Waals surface area contributed by atoms with Gasteiger partial charge in [-0.3, -0.25) is 0 Å². The fourth-order valence-electron chi connectivity index (χ4n) is 2.05. The Bertz CT molecular complexity index is 528. The lowest BCUT2D eigenvalue weighted by molar-refractivity contribution is 0.481. The summed E-state index contributed by atoms with van der Waals surface area (Å²) in [4.78, 5) is 0. The Kier molecular flexibility index (Phi) is 3.87. The van der Waals surface area contributed by atoms with Gasteiger partial charge in [0.05, 0.1) is 0 Å². The van der Waals surface area contributed by atoms with E-state index in [2.05, 4.69) is 56.4 Å². The van der Waals surface area contributed by atoms with Gasteiger partial charge in [0, 0.05) is 18.0 Å². The zero-order valence-electron chi connectivity index (χ0n) is 11.6. The van der Waals surface area contributed by atoms with Gasteiger partial charge in [-0.25, -0.2) is 0 Å². The number of benzene rings is 1. The van der Waals surface area contributed by atoms with Crippen molar-refractivity contribution >= 4 is 0 Å². The Morgan fingerprint density at radius 1 is 1.17 bits per heavy atom. The molecule has 96 valence electrons. The van der Waals surface area contributed by atoms with Gasteiger partial charge in [0.2, 0.25) is 0 Å². The molecule has 2 rings (SSSR count). The minimum absolute atomic E-state index is 0.433. The van der Waals surface area contributed by atoms with Gasteiger partial charge >= 0.3 is 0 Å². The Hall–Kier alpha value is -1.54. The van der Waals surface area contributed by atoms with Gasteiger partial charge in [-0.2, -0.15) is 0 Å². The van der Waals surface area contributed by atoms with Crippen molar-refractivity contribution in [3.63, 3.8) is 0 Å². The lowest BCUT2D eigenvalue weighted by Gasteiger charge is -2.08. The molecule has 0 radical (unpaired) electrons. The third-order valence-electron chi connectivity index (χ3n) is 3.53. The Morgan fingerprint density at radius 3 is 2.67 bits per heavy atom. The van der Waals surface area contributed by atoms with Crippen LogP contribution < -0.4 is 5.32 Å². The first-order chi connectivity index (χ1) is 8.61. The number of hydrogen-bond donors (Lipinski definition) is 1. The molecule has 1 N–H and O–H groups in total. The first kappa shape index (κ1) is 12.9. The largest absolute Gasteiger partial charge is 0.461 e. The van der Waals surface area contributed by atoms with Crippen molar-refractivity contribution in [3.05, 3.63) is 47.2 Å². The summed E-state index contributed by atoms with van der Waals surface area (Å²) < 4.78 is 5.94. The zero-order chi connectivity index (χ0) is 13.1. The highest BCUT2D eigenvalue weighted by molar-refractivity contribution is 5.63. The SMILES string of the molecule is CNC(C)Cc1ccc(-c2cccc(C)c2C)o1. The molecule has 1 aromatic heterocycles. The molecule has 0 spiro atoms. The first-order valence-corrected chi connectivity index (χ1v) is 6.44. The van der Waals surface area contributed by atoms with Crippen molar-refractivity contribution in [2.75, 3.05) is 7.05 Å². The molecule has 1 aromatic carbocycles. The second-order valence-electron chi connectivity index (χ2n) is 4.91. The highest BCUT2D eigenvalue weighted by Crippen LogP contribution is 2.27. The maximum Gasteiger partial charge on any atom is 0.134 e. The quantitative estimate of drug-likeness (QED) is 0.885. The number of aryl methyl sites for hydroxylation is 1. The van der Waals surface area contributed by atoms with Crippen LogP contribution >= 0.6 is 0 Å². The predicted molar refractivity (Wildman–Crippen MR) is 75.8 cm³/mol. The summed E-state index contributed by atoms with van der Waals surface area (Å²) in [6, 6.07) is 10.9. The van der Waals surface area contributed by atoms with E-state index >= 15 is 0 Å². The monoisotopic (exact) mass is 243 g/mol. The van der Waals surface area contributed by atoms with Crippen LogP contribution in [0.1, 0.15) is 23.8 Å². The van der Waals surface area contributed by atoms with Crippen LogP contribution in [0, 0.1) is 13.8 Å². The lowest BCUT2D eigenvalue weighted by Crippen LogP contribution is -2.23. The van der Waals surface area contributed by atoms with Crippen LogP contribution in [0.5, 0.6) is 0 Å². The molecule has 2 aromatic rings. The molecular formula is C16H21NO. The van der Waals surface area contributed by atoms with Crippen molar-refractivity contribution in [2.45, 2.75) is 33.2 Å². The summed E-state index contributed by atoms with van der Waals surface area (Å²) in [5.41, 5.74) is 3.78. The van der Waals surface area contributed by atoms with E-state index in [0.717, 1.165) is 17.9 Å². The molecule has 0 saturated heterocycles. The smallest absolute Gasteiger partial charge is 0.134 e. The zero-order valence-corrected chi connectivity index (χ0v) is 11.6. The van der Waals surface area contributed by atoms with Crippen LogP contribution in [-0.2, 0) is 6.42 Å². The number of nitrogens with one attached hydrogen (secondary N) is 1. The molecule has 18 heavy (non-hydrogen) atoms. The van der Waals surface area contributed by atoms with Crippen LogP contribution in [-0.4, -0.2) is 13.1 Å². The summed E-state index contributed by atoms with van der Waals surface area (Å²) in [5.74, 6) is 2.00. The van der Waals surface area contributed by atoms with E-state index in [0.29, 0.717) is 6.04 Å². The number of likely N-dealkylation sites (N-methyl/N-ethyl adjacent to an activating group) is 1. The molecular weight excluding hydrogens is 222 g/mol. The average molecular weight is 243 g/mol. The normalized spacial score (nSPS) is 12.7. The third kappa shape index (κ3) is 2.65. The average Bonchev–Trinajstić information content (AvgIpc) is 2.80. The van der Waals surface area contributed by atoms with Crippen LogP contribution in [0.2, 0.25) is 0 Å². The van der Waals surface area contributed by atoms with Crippen molar-refractivity contribution in [1.29, 1.82) is 0 Å². The Labute approximate surface area is 109 Å². The van der Waals surface area contributed by atoms with Crippen molar-refractivity contribution < 1.29 is 4.42 Å². The predicted octanol–water partition coefficient (Wildman–Crippen LogP) is 3.71. The molecule has 0 bridgehead atoms. The Balaban J connectivity index is 2.27. The summed E-state index contributed by atoms with van der Waals surface area (Å²) >= 11 is 0. The van der Waals surface area contributed by atoms with E-state index in [1.807, 2.05) is 7.05 Å². The van der Waals surface area contributed by atoms with Gasteiger partial charge in [0.1, 0.15) is 11.5 Å². The molecule has 1 heterocycles.